The number of aromatic amines is 1. The second-order valence-corrected chi connectivity index (χ2v) is 5.84. The standard InChI is InChI=1S/C21H16FN3O4/c1-27-16-7-13(8-17(10-16)28-2)20-9-14(24-25-20)3-6-21(26)18-5-4-15(29-12-23)11-19(18)22/h3-11H,1-2H3,(H,24,25)/b6-3+. The number of hydrogen-bond acceptors (Lipinski definition) is 6. The van der Waals surface area contributed by atoms with Gasteiger partial charge in [-0.1, -0.05) is 0 Å². The van der Waals surface area contributed by atoms with Gasteiger partial charge in [0.1, 0.15) is 23.1 Å². The Balaban J connectivity index is 1.79. The molecule has 0 bridgehead atoms. The maximum absolute atomic E-state index is 14.0. The number of allylic oxidation sites excluding steroid dienone is 1. The van der Waals surface area contributed by atoms with Crippen LogP contribution in [0.1, 0.15) is 16.1 Å². The summed E-state index contributed by atoms with van der Waals surface area (Å²) in [5.41, 5.74) is 1.81. The number of ketones is 1. The second kappa shape index (κ2) is 8.71. The van der Waals surface area contributed by atoms with Crippen molar-refractivity contribution < 1.29 is 23.4 Å². The van der Waals surface area contributed by atoms with Crippen LogP contribution in [0, 0.1) is 17.3 Å². The van der Waals surface area contributed by atoms with Crippen LogP contribution in [0.5, 0.6) is 17.2 Å². The van der Waals surface area contributed by atoms with E-state index in [-0.39, 0.29) is 11.3 Å². The number of halogens is 1. The van der Waals surface area contributed by atoms with Crippen molar-refractivity contribution >= 4 is 11.9 Å². The lowest BCUT2D eigenvalue weighted by molar-refractivity contribution is 0.104. The molecular formula is C21H16FN3O4. The van der Waals surface area contributed by atoms with Crippen LogP contribution >= 0.6 is 0 Å². The van der Waals surface area contributed by atoms with E-state index in [2.05, 4.69) is 14.9 Å². The molecule has 8 heteroatoms. The van der Waals surface area contributed by atoms with Crippen molar-refractivity contribution in [1.29, 1.82) is 5.26 Å². The van der Waals surface area contributed by atoms with E-state index in [0.29, 0.717) is 22.9 Å². The first-order valence-corrected chi connectivity index (χ1v) is 8.41. The Morgan fingerprint density at radius 2 is 1.83 bits per heavy atom. The highest BCUT2D eigenvalue weighted by molar-refractivity contribution is 6.07. The average Bonchev–Trinajstić information content (AvgIpc) is 3.21. The van der Waals surface area contributed by atoms with Gasteiger partial charge in [0.05, 0.1) is 31.2 Å². The minimum Gasteiger partial charge on any atom is -0.497 e. The molecule has 0 amide bonds. The number of methoxy groups -OCH3 is 2. The quantitative estimate of drug-likeness (QED) is 0.370. The van der Waals surface area contributed by atoms with Crippen LogP contribution in [-0.4, -0.2) is 30.2 Å². The van der Waals surface area contributed by atoms with Gasteiger partial charge in [0.2, 0.25) is 0 Å². The summed E-state index contributed by atoms with van der Waals surface area (Å²) in [5, 5.41) is 15.5. The molecule has 0 fully saturated rings. The fourth-order valence-electron chi connectivity index (χ4n) is 2.59. The summed E-state index contributed by atoms with van der Waals surface area (Å²) >= 11 is 0. The maximum Gasteiger partial charge on any atom is 0.292 e. The van der Waals surface area contributed by atoms with Gasteiger partial charge in [0.25, 0.3) is 6.26 Å². The molecule has 0 aliphatic carbocycles. The minimum absolute atomic E-state index is 0.0254. The monoisotopic (exact) mass is 393 g/mol. The summed E-state index contributed by atoms with van der Waals surface area (Å²) in [7, 11) is 3.11. The van der Waals surface area contributed by atoms with E-state index in [4.69, 9.17) is 14.7 Å². The zero-order chi connectivity index (χ0) is 20.8. The second-order valence-electron chi connectivity index (χ2n) is 5.84. The number of nitrogens with zero attached hydrogens (tertiary/aromatic N) is 2. The van der Waals surface area contributed by atoms with E-state index in [9.17, 15) is 9.18 Å². The molecule has 0 aliphatic heterocycles. The third-order valence-corrected chi connectivity index (χ3v) is 4.03. The number of nitriles is 1. The Kier molecular flexibility index (Phi) is 5.90. The molecule has 0 atom stereocenters. The fraction of sp³-hybridized carbons (Fsp3) is 0.0952. The number of H-pyrrole nitrogens is 1. The van der Waals surface area contributed by atoms with Crippen molar-refractivity contribution in [3.63, 3.8) is 0 Å². The number of rotatable bonds is 7. The number of benzene rings is 2. The van der Waals surface area contributed by atoms with Crippen molar-refractivity contribution in [3.8, 4) is 34.8 Å². The average molecular weight is 393 g/mol. The van der Waals surface area contributed by atoms with Crippen molar-refractivity contribution in [3.05, 3.63) is 65.6 Å². The summed E-state index contributed by atoms with van der Waals surface area (Å²) in [4.78, 5) is 12.3. The Bertz CT molecular complexity index is 1090. The van der Waals surface area contributed by atoms with Crippen LogP contribution in [0.3, 0.4) is 0 Å². The first-order chi connectivity index (χ1) is 14.0. The molecule has 0 saturated heterocycles. The van der Waals surface area contributed by atoms with Gasteiger partial charge in [-0.3, -0.25) is 9.89 Å². The number of hydrogen-bond donors (Lipinski definition) is 1. The molecule has 0 saturated carbocycles. The molecule has 29 heavy (non-hydrogen) atoms. The van der Waals surface area contributed by atoms with Gasteiger partial charge < -0.3 is 14.2 Å². The molecule has 7 nitrogen and oxygen atoms in total. The van der Waals surface area contributed by atoms with Gasteiger partial charge in [0, 0.05) is 17.7 Å². The van der Waals surface area contributed by atoms with Crippen LogP contribution < -0.4 is 14.2 Å². The van der Waals surface area contributed by atoms with Crippen LogP contribution in [-0.2, 0) is 0 Å². The highest BCUT2D eigenvalue weighted by Crippen LogP contribution is 2.29. The molecule has 146 valence electrons. The SMILES string of the molecule is COc1cc(OC)cc(-c2cc(/C=C/C(=O)c3ccc(OC#N)cc3F)[nH]n2)c1. The zero-order valence-electron chi connectivity index (χ0n) is 15.6. The van der Waals surface area contributed by atoms with Crippen molar-refractivity contribution in [2.24, 2.45) is 0 Å². The van der Waals surface area contributed by atoms with Gasteiger partial charge in [-0.05, 0) is 42.5 Å². The van der Waals surface area contributed by atoms with Crippen molar-refractivity contribution in [1.82, 2.24) is 10.2 Å². The number of aromatic nitrogens is 2. The van der Waals surface area contributed by atoms with E-state index < -0.39 is 11.6 Å². The van der Waals surface area contributed by atoms with Crippen molar-refractivity contribution in [2.75, 3.05) is 14.2 Å². The Hall–Kier alpha value is -4.12. The molecule has 1 aromatic heterocycles. The minimum atomic E-state index is -0.777. The molecule has 2 aromatic carbocycles. The van der Waals surface area contributed by atoms with E-state index in [1.165, 1.54) is 30.5 Å². The largest absolute Gasteiger partial charge is 0.497 e. The Morgan fingerprint density at radius 3 is 2.45 bits per heavy atom. The first kappa shape index (κ1) is 19.6. The number of ether oxygens (including phenoxy) is 3. The third-order valence-electron chi connectivity index (χ3n) is 4.03. The summed E-state index contributed by atoms with van der Waals surface area (Å²) in [6, 6.07) is 10.7. The third kappa shape index (κ3) is 4.59. The lowest BCUT2D eigenvalue weighted by Gasteiger charge is -2.06. The molecule has 3 rings (SSSR count). The van der Waals surface area contributed by atoms with Crippen LogP contribution in [0.4, 0.5) is 4.39 Å². The van der Waals surface area contributed by atoms with Crippen LogP contribution in [0.15, 0.2) is 48.5 Å². The Morgan fingerprint density at radius 1 is 1.10 bits per heavy atom. The van der Waals surface area contributed by atoms with Gasteiger partial charge in [-0.2, -0.15) is 5.10 Å². The number of nitrogens with one attached hydrogen (secondary N) is 1. The zero-order valence-corrected chi connectivity index (χ0v) is 15.6. The predicted octanol–water partition coefficient (Wildman–Crippen LogP) is 3.99. The Labute approximate surface area is 166 Å². The molecule has 1 N–H and O–H groups in total. The van der Waals surface area contributed by atoms with Crippen LogP contribution in [0.25, 0.3) is 17.3 Å². The predicted molar refractivity (Wildman–Crippen MR) is 103 cm³/mol. The highest BCUT2D eigenvalue weighted by atomic mass is 19.1. The number of carbonyl (C=O) groups excluding carboxylic acids is 1. The van der Waals surface area contributed by atoms with Crippen molar-refractivity contribution in [2.45, 2.75) is 0 Å². The summed E-state index contributed by atoms with van der Waals surface area (Å²) in [6.07, 6.45) is 4.17. The van der Waals surface area contributed by atoms with Gasteiger partial charge in [-0.15, -0.1) is 5.26 Å². The van der Waals surface area contributed by atoms with E-state index in [0.717, 1.165) is 11.6 Å². The maximum atomic E-state index is 14.0. The molecule has 3 aromatic rings. The lowest BCUT2D eigenvalue weighted by Crippen LogP contribution is -1.99. The summed E-state index contributed by atoms with van der Waals surface area (Å²) in [6.45, 7) is 0. The molecule has 0 radical (unpaired) electrons. The van der Waals surface area contributed by atoms with E-state index >= 15 is 0 Å². The number of carbonyl (C=O) groups is 1. The van der Waals surface area contributed by atoms with Gasteiger partial charge in [-0.25, -0.2) is 4.39 Å². The molecule has 0 spiro atoms. The summed E-state index contributed by atoms with van der Waals surface area (Å²) in [5.74, 6) is -0.0494. The topological polar surface area (TPSA) is 97.2 Å². The highest BCUT2D eigenvalue weighted by Gasteiger charge is 2.11. The van der Waals surface area contributed by atoms with Gasteiger partial charge in [0.15, 0.2) is 5.78 Å². The van der Waals surface area contributed by atoms with Gasteiger partial charge >= 0.3 is 0 Å². The van der Waals surface area contributed by atoms with Crippen LogP contribution in [0.2, 0.25) is 0 Å². The first-order valence-electron chi connectivity index (χ1n) is 8.41. The molecule has 0 unspecified atom stereocenters. The smallest absolute Gasteiger partial charge is 0.292 e. The molecule has 1 heterocycles. The summed E-state index contributed by atoms with van der Waals surface area (Å²) < 4.78 is 29.1. The fourth-order valence-corrected chi connectivity index (χ4v) is 2.59. The normalized spacial score (nSPS) is 10.6. The van der Waals surface area contributed by atoms with E-state index in [1.807, 2.05) is 0 Å². The van der Waals surface area contributed by atoms with E-state index in [1.54, 1.807) is 38.5 Å². The lowest BCUT2D eigenvalue weighted by atomic mass is 10.1. The molecular weight excluding hydrogens is 377 g/mol. The molecule has 0 aliphatic rings.